The lowest BCUT2D eigenvalue weighted by Crippen LogP contribution is -1.98. The SMILES string of the molecule is COc1ccc(C(CCCCCl)=C(c2ccc(C#N)cc2)c2cnc3ccccc3c2)cc1. The smallest absolute Gasteiger partial charge is 0.118 e. The van der Waals surface area contributed by atoms with Crippen LogP contribution >= 0.6 is 11.6 Å². The third-order valence-electron chi connectivity index (χ3n) is 5.73. The van der Waals surface area contributed by atoms with E-state index in [0.717, 1.165) is 58.2 Å². The van der Waals surface area contributed by atoms with Crippen molar-refractivity contribution in [3.05, 3.63) is 107 Å². The summed E-state index contributed by atoms with van der Waals surface area (Å²) in [5.41, 5.74) is 7.20. The van der Waals surface area contributed by atoms with Crippen LogP contribution in [0.15, 0.2) is 85.1 Å². The molecule has 0 radical (unpaired) electrons. The molecule has 0 atom stereocenters. The van der Waals surface area contributed by atoms with Crippen LogP contribution in [0.1, 0.15) is 41.5 Å². The number of hydrogen-bond donors (Lipinski definition) is 0. The number of hydrogen-bond acceptors (Lipinski definition) is 3. The van der Waals surface area contributed by atoms with Gasteiger partial charge in [-0.2, -0.15) is 5.26 Å². The van der Waals surface area contributed by atoms with Crippen LogP contribution in [0, 0.1) is 11.3 Å². The summed E-state index contributed by atoms with van der Waals surface area (Å²) in [4.78, 5) is 4.73. The van der Waals surface area contributed by atoms with Crippen LogP contribution in [0.5, 0.6) is 5.75 Å². The number of halogens is 1. The van der Waals surface area contributed by atoms with Crippen molar-refractivity contribution >= 4 is 33.7 Å². The van der Waals surface area contributed by atoms with Crippen LogP contribution in [-0.4, -0.2) is 18.0 Å². The zero-order valence-corrected chi connectivity index (χ0v) is 19.3. The zero-order chi connectivity index (χ0) is 23.0. The van der Waals surface area contributed by atoms with Crippen LogP contribution in [0.3, 0.4) is 0 Å². The molecule has 0 fully saturated rings. The van der Waals surface area contributed by atoms with E-state index < -0.39 is 0 Å². The number of fused-ring (bicyclic) bond motifs is 1. The third-order valence-corrected chi connectivity index (χ3v) is 6.00. The molecule has 3 nitrogen and oxygen atoms in total. The fourth-order valence-electron chi connectivity index (χ4n) is 4.04. The molecule has 0 aliphatic rings. The number of alkyl halides is 1. The standard InChI is InChI=1S/C29H25ClN2O/c1-33-26-15-13-22(14-16-26)27(7-4-5-17-30)29(23-11-9-21(19-31)10-12-23)25-18-24-6-2-3-8-28(24)32-20-25/h2-3,6,8-16,18,20H,4-5,7,17H2,1H3. The maximum Gasteiger partial charge on any atom is 0.118 e. The first kappa shape index (κ1) is 22.6. The van der Waals surface area contributed by atoms with Crippen molar-refractivity contribution in [3.8, 4) is 11.8 Å². The second-order valence-electron chi connectivity index (χ2n) is 7.83. The van der Waals surface area contributed by atoms with Gasteiger partial charge in [0.25, 0.3) is 0 Å². The van der Waals surface area contributed by atoms with Crippen LogP contribution in [0.25, 0.3) is 22.0 Å². The predicted molar refractivity (Wildman–Crippen MR) is 136 cm³/mol. The van der Waals surface area contributed by atoms with Gasteiger partial charge in [-0.15, -0.1) is 11.6 Å². The Balaban J connectivity index is 1.96. The molecular formula is C29H25ClN2O. The molecule has 1 heterocycles. The van der Waals surface area contributed by atoms with Gasteiger partial charge in [0, 0.05) is 23.0 Å². The summed E-state index contributed by atoms with van der Waals surface area (Å²) in [6.07, 6.45) is 4.74. The normalized spacial score (nSPS) is 11.7. The van der Waals surface area contributed by atoms with E-state index in [1.807, 2.05) is 60.8 Å². The lowest BCUT2D eigenvalue weighted by molar-refractivity contribution is 0.415. The van der Waals surface area contributed by atoms with Gasteiger partial charge >= 0.3 is 0 Å². The summed E-state index contributed by atoms with van der Waals surface area (Å²) in [6.45, 7) is 0. The van der Waals surface area contributed by atoms with Gasteiger partial charge in [-0.1, -0.05) is 42.5 Å². The molecule has 0 saturated heterocycles. The average Bonchev–Trinajstić information content (AvgIpc) is 2.88. The first-order valence-electron chi connectivity index (χ1n) is 11.0. The van der Waals surface area contributed by atoms with E-state index in [1.165, 1.54) is 5.57 Å². The van der Waals surface area contributed by atoms with Gasteiger partial charge in [-0.05, 0) is 77.9 Å². The fraction of sp³-hybridized carbons (Fsp3) is 0.172. The molecule has 0 bridgehead atoms. The maximum atomic E-state index is 9.29. The van der Waals surface area contributed by atoms with Gasteiger partial charge in [0.15, 0.2) is 0 Å². The topological polar surface area (TPSA) is 45.9 Å². The van der Waals surface area contributed by atoms with Crippen LogP contribution in [-0.2, 0) is 0 Å². The molecule has 4 heteroatoms. The molecule has 4 aromatic rings. The Kier molecular flexibility index (Phi) is 7.40. The summed E-state index contributed by atoms with van der Waals surface area (Å²) >= 11 is 6.01. The molecule has 0 amide bonds. The van der Waals surface area contributed by atoms with Crippen molar-refractivity contribution in [2.24, 2.45) is 0 Å². The number of allylic oxidation sites excluding steroid dienone is 1. The van der Waals surface area contributed by atoms with Crippen molar-refractivity contribution in [1.29, 1.82) is 5.26 Å². The number of methoxy groups -OCH3 is 1. The molecule has 164 valence electrons. The molecular weight excluding hydrogens is 428 g/mol. The Labute approximate surface area is 199 Å². The van der Waals surface area contributed by atoms with Gasteiger partial charge in [0.2, 0.25) is 0 Å². The maximum absolute atomic E-state index is 9.29. The number of para-hydroxylation sites is 1. The number of nitriles is 1. The minimum absolute atomic E-state index is 0.639. The third kappa shape index (κ3) is 5.25. The molecule has 1 aromatic heterocycles. The summed E-state index contributed by atoms with van der Waals surface area (Å²) in [5, 5.41) is 10.4. The van der Waals surface area contributed by atoms with Crippen molar-refractivity contribution < 1.29 is 4.74 Å². The van der Waals surface area contributed by atoms with Crippen LogP contribution < -0.4 is 4.74 Å². The average molecular weight is 453 g/mol. The van der Waals surface area contributed by atoms with Gasteiger partial charge in [0.1, 0.15) is 5.75 Å². The van der Waals surface area contributed by atoms with Crippen molar-refractivity contribution in [1.82, 2.24) is 4.98 Å². The molecule has 0 spiro atoms. The molecule has 0 aliphatic carbocycles. The highest BCUT2D eigenvalue weighted by Crippen LogP contribution is 2.36. The molecule has 3 aromatic carbocycles. The largest absolute Gasteiger partial charge is 0.497 e. The fourth-order valence-corrected chi connectivity index (χ4v) is 4.23. The quantitative estimate of drug-likeness (QED) is 0.158. The highest BCUT2D eigenvalue weighted by atomic mass is 35.5. The minimum Gasteiger partial charge on any atom is -0.497 e. The Morgan fingerprint density at radius 1 is 0.909 bits per heavy atom. The van der Waals surface area contributed by atoms with Gasteiger partial charge in [-0.3, -0.25) is 4.98 Å². The highest BCUT2D eigenvalue weighted by molar-refractivity contribution is 6.17. The van der Waals surface area contributed by atoms with Crippen molar-refractivity contribution in [2.45, 2.75) is 19.3 Å². The first-order chi connectivity index (χ1) is 16.2. The van der Waals surface area contributed by atoms with E-state index in [2.05, 4.69) is 30.3 Å². The summed E-state index contributed by atoms with van der Waals surface area (Å²) in [7, 11) is 1.68. The van der Waals surface area contributed by atoms with E-state index >= 15 is 0 Å². The summed E-state index contributed by atoms with van der Waals surface area (Å²) in [5.74, 6) is 1.46. The highest BCUT2D eigenvalue weighted by Gasteiger charge is 2.16. The Morgan fingerprint density at radius 2 is 1.64 bits per heavy atom. The molecule has 0 aliphatic heterocycles. The van der Waals surface area contributed by atoms with E-state index in [0.29, 0.717) is 11.4 Å². The second kappa shape index (κ2) is 10.8. The first-order valence-corrected chi connectivity index (χ1v) is 11.6. The number of nitrogens with zero attached hydrogens (tertiary/aromatic N) is 2. The van der Waals surface area contributed by atoms with E-state index in [9.17, 15) is 5.26 Å². The Bertz CT molecular complexity index is 1300. The van der Waals surface area contributed by atoms with E-state index in [-0.39, 0.29) is 0 Å². The molecule has 0 unspecified atom stereocenters. The van der Waals surface area contributed by atoms with Crippen LogP contribution in [0.2, 0.25) is 0 Å². The lowest BCUT2D eigenvalue weighted by atomic mass is 9.87. The van der Waals surface area contributed by atoms with Gasteiger partial charge < -0.3 is 4.74 Å². The van der Waals surface area contributed by atoms with Crippen LogP contribution in [0.4, 0.5) is 0 Å². The minimum atomic E-state index is 0.639. The zero-order valence-electron chi connectivity index (χ0n) is 18.6. The Morgan fingerprint density at radius 3 is 2.33 bits per heavy atom. The molecule has 0 N–H and O–H groups in total. The number of rotatable bonds is 8. The van der Waals surface area contributed by atoms with E-state index in [4.69, 9.17) is 21.3 Å². The molecule has 0 saturated carbocycles. The van der Waals surface area contributed by atoms with Crippen molar-refractivity contribution in [2.75, 3.05) is 13.0 Å². The molecule has 33 heavy (non-hydrogen) atoms. The van der Waals surface area contributed by atoms with Crippen molar-refractivity contribution in [3.63, 3.8) is 0 Å². The van der Waals surface area contributed by atoms with Gasteiger partial charge in [-0.25, -0.2) is 0 Å². The Hall–Kier alpha value is -3.61. The number of pyridine rings is 1. The predicted octanol–water partition coefficient (Wildman–Crippen LogP) is 7.48. The summed E-state index contributed by atoms with van der Waals surface area (Å²) < 4.78 is 5.38. The van der Waals surface area contributed by atoms with Gasteiger partial charge in [0.05, 0.1) is 24.3 Å². The van der Waals surface area contributed by atoms with E-state index in [1.54, 1.807) is 7.11 Å². The lowest BCUT2D eigenvalue weighted by Gasteiger charge is -2.18. The second-order valence-corrected chi connectivity index (χ2v) is 8.21. The summed E-state index contributed by atoms with van der Waals surface area (Å²) in [6, 6.07) is 28.5. The number of benzene rings is 3. The number of unbranched alkanes of at least 4 members (excludes halogenated alkanes) is 1. The molecule has 4 rings (SSSR count). The monoisotopic (exact) mass is 452 g/mol. The number of aromatic nitrogens is 1. The number of ether oxygens (including phenoxy) is 1.